The number of hydrogen-bond donors (Lipinski definition) is 4. The molecular weight excluding hydrogens is 381 g/mol. The second kappa shape index (κ2) is 6.70. The van der Waals surface area contributed by atoms with E-state index in [0.29, 0.717) is 10.6 Å². The Hall–Kier alpha value is -2.30. The molecule has 1 aromatic carbocycles. The monoisotopic (exact) mass is 395 g/mol. The maximum atomic E-state index is 14.2. The van der Waals surface area contributed by atoms with Crippen molar-refractivity contribution in [3.8, 4) is 0 Å². The first kappa shape index (κ1) is 18.1. The first-order valence-corrected chi connectivity index (χ1v) is 8.45. The highest BCUT2D eigenvalue weighted by Gasteiger charge is 2.47. The van der Waals surface area contributed by atoms with Gasteiger partial charge in [0.2, 0.25) is 0 Å². The van der Waals surface area contributed by atoms with Crippen LogP contribution in [0.15, 0.2) is 41.6 Å². The largest absolute Gasteiger partial charge is 0.387 e. The lowest BCUT2D eigenvalue weighted by Crippen LogP contribution is -2.34. The van der Waals surface area contributed by atoms with E-state index < -0.39 is 42.0 Å². The summed E-state index contributed by atoms with van der Waals surface area (Å²) in [6, 6.07) is 6.27. The van der Waals surface area contributed by atoms with Crippen LogP contribution in [0, 0.1) is 5.82 Å². The van der Waals surface area contributed by atoms with Crippen LogP contribution in [0.1, 0.15) is 17.9 Å². The summed E-state index contributed by atoms with van der Waals surface area (Å²) >= 11 is 5.83. The zero-order chi connectivity index (χ0) is 19.3. The van der Waals surface area contributed by atoms with Gasteiger partial charge in [-0.2, -0.15) is 4.98 Å². The van der Waals surface area contributed by atoms with Crippen molar-refractivity contribution in [1.29, 1.82) is 0 Å². The van der Waals surface area contributed by atoms with Gasteiger partial charge in [-0.05, 0) is 17.7 Å². The highest BCUT2D eigenvalue weighted by atomic mass is 35.5. The van der Waals surface area contributed by atoms with Crippen molar-refractivity contribution in [2.24, 2.45) is 0 Å². The number of ether oxygens (including phenoxy) is 1. The average Bonchev–Trinajstić information content (AvgIpc) is 3.13. The van der Waals surface area contributed by atoms with Crippen LogP contribution in [-0.2, 0) is 4.74 Å². The van der Waals surface area contributed by atoms with Crippen molar-refractivity contribution >= 4 is 22.6 Å². The molecule has 142 valence electrons. The third kappa shape index (κ3) is 2.93. The van der Waals surface area contributed by atoms with E-state index in [1.54, 1.807) is 24.3 Å². The Morgan fingerprint density at radius 2 is 1.96 bits per heavy atom. The number of fused-ring (bicyclic) bond motifs is 1. The summed E-state index contributed by atoms with van der Waals surface area (Å²) in [7, 11) is 0. The maximum Gasteiger partial charge on any atom is 0.285 e. The number of nitrogens with zero attached hydrogens (tertiary/aromatic N) is 2. The fourth-order valence-corrected chi connectivity index (χ4v) is 3.41. The van der Waals surface area contributed by atoms with Crippen molar-refractivity contribution < 1.29 is 24.4 Å². The molecule has 2 unspecified atom stereocenters. The van der Waals surface area contributed by atoms with E-state index >= 15 is 0 Å². The minimum Gasteiger partial charge on any atom is -0.387 e. The maximum absolute atomic E-state index is 14.2. The van der Waals surface area contributed by atoms with Crippen molar-refractivity contribution in [1.82, 2.24) is 14.5 Å². The number of aliphatic hydroxyl groups is 3. The van der Waals surface area contributed by atoms with E-state index in [0.717, 1.165) is 17.1 Å². The second-order valence-electron chi connectivity index (χ2n) is 6.28. The topological polar surface area (TPSA) is 121 Å². The summed E-state index contributed by atoms with van der Waals surface area (Å²) in [5.41, 5.74) is -0.298. The zero-order valence-electron chi connectivity index (χ0n) is 13.7. The van der Waals surface area contributed by atoms with Gasteiger partial charge >= 0.3 is 0 Å². The summed E-state index contributed by atoms with van der Waals surface area (Å²) in [5, 5.41) is 31.5. The molecule has 4 rings (SSSR count). The van der Waals surface area contributed by atoms with Crippen LogP contribution in [0.2, 0.25) is 5.02 Å². The SMILES string of the molecule is O=c1nc[nH]c2c1c(F)cn2[C@@H]1OC(C(O)c2ccc(Cl)cc2)[C@@H](O)[C@H]1O. The highest BCUT2D eigenvalue weighted by Crippen LogP contribution is 2.37. The molecule has 0 spiro atoms. The van der Waals surface area contributed by atoms with Crippen LogP contribution in [-0.4, -0.2) is 48.2 Å². The lowest BCUT2D eigenvalue weighted by Gasteiger charge is -2.21. The third-order valence-electron chi connectivity index (χ3n) is 4.66. The molecule has 0 aliphatic carbocycles. The first-order valence-electron chi connectivity index (χ1n) is 8.07. The van der Waals surface area contributed by atoms with Crippen LogP contribution in [0.3, 0.4) is 0 Å². The Labute approximate surface area is 156 Å². The molecule has 1 aliphatic rings. The molecule has 1 saturated heterocycles. The summed E-state index contributed by atoms with van der Waals surface area (Å²) in [6.07, 6.45) is -4.51. The van der Waals surface area contributed by atoms with Gasteiger partial charge in [-0.1, -0.05) is 23.7 Å². The molecule has 5 atom stereocenters. The Kier molecular flexibility index (Phi) is 4.49. The summed E-state index contributed by atoms with van der Waals surface area (Å²) in [5.74, 6) is -0.841. The van der Waals surface area contributed by atoms with Gasteiger partial charge in [-0.25, -0.2) is 4.39 Å². The number of hydrogen-bond acceptors (Lipinski definition) is 6. The lowest BCUT2D eigenvalue weighted by atomic mass is 9.99. The number of halogens is 2. The molecule has 3 aromatic rings. The standard InChI is InChI=1S/C17H15ClFN3O5/c18-8-3-1-7(2-4-8)11(23)14-12(24)13(25)17(27-14)22-5-9(19)10-15(22)20-6-21-16(10)26/h1-6,11-14,17,23-25H,(H,20,21,26)/t11?,12-,13+,14?,17+/m0/s1. The second-order valence-corrected chi connectivity index (χ2v) is 6.72. The average molecular weight is 396 g/mol. The number of aromatic amines is 1. The van der Waals surface area contributed by atoms with Gasteiger partial charge in [0.1, 0.15) is 35.4 Å². The van der Waals surface area contributed by atoms with Gasteiger partial charge in [0.15, 0.2) is 12.0 Å². The van der Waals surface area contributed by atoms with E-state index in [1.165, 1.54) is 0 Å². The van der Waals surface area contributed by atoms with Gasteiger partial charge in [0.25, 0.3) is 5.56 Å². The smallest absolute Gasteiger partial charge is 0.285 e. The molecule has 2 aromatic heterocycles. The predicted molar refractivity (Wildman–Crippen MR) is 92.6 cm³/mol. The van der Waals surface area contributed by atoms with Gasteiger partial charge in [0.05, 0.1) is 6.33 Å². The Bertz CT molecular complexity index is 1040. The molecule has 3 heterocycles. The van der Waals surface area contributed by atoms with Crippen molar-refractivity contribution in [2.45, 2.75) is 30.6 Å². The van der Waals surface area contributed by atoms with Crippen LogP contribution >= 0.6 is 11.6 Å². The van der Waals surface area contributed by atoms with Crippen molar-refractivity contribution in [3.05, 3.63) is 63.5 Å². The molecule has 0 saturated carbocycles. The number of aliphatic hydroxyl groups excluding tert-OH is 3. The summed E-state index contributed by atoms with van der Waals surface area (Å²) in [6.45, 7) is 0. The van der Waals surface area contributed by atoms with Crippen LogP contribution in [0.4, 0.5) is 4.39 Å². The molecule has 8 nitrogen and oxygen atoms in total. The molecule has 0 amide bonds. The molecule has 1 aliphatic heterocycles. The van der Waals surface area contributed by atoms with Gasteiger partial charge < -0.3 is 29.6 Å². The predicted octanol–water partition coefficient (Wildman–Crippen LogP) is 0.870. The fraction of sp³-hybridized carbons (Fsp3) is 0.294. The number of rotatable bonds is 3. The molecule has 10 heteroatoms. The summed E-state index contributed by atoms with van der Waals surface area (Å²) < 4.78 is 21.0. The fourth-order valence-electron chi connectivity index (χ4n) is 3.29. The highest BCUT2D eigenvalue weighted by molar-refractivity contribution is 6.30. The van der Waals surface area contributed by atoms with Crippen LogP contribution in [0.5, 0.6) is 0 Å². The van der Waals surface area contributed by atoms with Gasteiger partial charge in [0, 0.05) is 11.2 Å². The minimum atomic E-state index is -1.47. The number of H-pyrrole nitrogens is 1. The van der Waals surface area contributed by atoms with E-state index in [-0.39, 0.29) is 11.0 Å². The Morgan fingerprint density at radius 1 is 1.26 bits per heavy atom. The van der Waals surface area contributed by atoms with E-state index in [9.17, 15) is 24.5 Å². The van der Waals surface area contributed by atoms with E-state index in [4.69, 9.17) is 16.3 Å². The molecule has 0 radical (unpaired) electrons. The minimum absolute atomic E-state index is 0.0467. The van der Waals surface area contributed by atoms with Gasteiger partial charge in [-0.3, -0.25) is 4.79 Å². The van der Waals surface area contributed by atoms with Crippen LogP contribution in [0.25, 0.3) is 11.0 Å². The Balaban J connectivity index is 1.69. The van der Waals surface area contributed by atoms with Gasteiger partial charge in [-0.15, -0.1) is 0 Å². The summed E-state index contributed by atoms with van der Waals surface area (Å²) in [4.78, 5) is 17.9. The van der Waals surface area contributed by atoms with E-state index in [1.807, 2.05) is 0 Å². The number of aromatic nitrogens is 3. The molecule has 0 bridgehead atoms. The normalized spacial score (nSPS) is 26.6. The third-order valence-corrected chi connectivity index (χ3v) is 4.91. The lowest BCUT2D eigenvalue weighted by molar-refractivity contribution is -0.0849. The van der Waals surface area contributed by atoms with Crippen molar-refractivity contribution in [2.75, 3.05) is 0 Å². The molecule has 4 N–H and O–H groups in total. The number of nitrogens with one attached hydrogen (secondary N) is 1. The molecular formula is C17H15ClFN3O5. The Morgan fingerprint density at radius 3 is 2.67 bits per heavy atom. The number of benzene rings is 1. The van der Waals surface area contributed by atoms with Crippen LogP contribution < -0.4 is 5.56 Å². The van der Waals surface area contributed by atoms with Crippen molar-refractivity contribution in [3.63, 3.8) is 0 Å². The molecule has 1 fully saturated rings. The first-order chi connectivity index (χ1) is 12.9. The van der Waals surface area contributed by atoms with E-state index in [2.05, 4.69) is 9.97 Å². The molecule has 27 heavy (non-hydrogen) atoms. The quantitative estimate of drug-likeness (QED) is 0.522. The zero-order valence-corrected chi connectivity index (χ0v) is 14.4.